The van der Waals surface area contributed by atoms with Crippen LogP contribution in [0.3, 0.4) is 0 Å². The summed E-state index contributed by atoms with van der Waals surface area (Å²) in [5, 5.41) is 0. The smallest absolute Gasteiger partial charge is 0.116 e. The average molecular weight is 261 g/mol. The summed E-state index contributed by atoms with van der Waals surface area (Å²) in [6.45, 7) is 16.4. The van der Waals surface area contributed by atoms with Crippen LogP contribution >= 0.6 is 0 Å². The van der Waals surface area contributed by atoms with Crippen LogP contribution in [-0.2, 0) is 4.74 Å². The molecular formula is C16H20FNO. The zero-order valence-corrected chi connectivity index (χ0v) is 11.1. The molecule has 0 fully saturated rings. The maximum atomic E-state index is 12.6. The minimum Gasteiger partial charge on any atom is -0.376 e. The van der Waals surface area contributed by atoms with Crippen molar-refractivity contribution in [1.29, 1.82) is 0 Å². The summed E-state index contributed by atoms with van der Waals surface area (Å²) in [7, 11) is 0. The lowest BCUT2D eigenvalue weighted by atomic mass is 9.87. The van der Waals surface area contributed by atoms with Gasteiger partial charge in [-0.1, -0.05) is 38.5 Å². The highest BCUT2D eigenvalue weighted by atomic mass is 19.1. The van der Waals surface area contributed by atoms with Crippen molar-refractivity contribution in [2.75, 3.05) is 19.8 Å². The first kappa shape index (κ1) is 15.3. The van der Waals surface area contributed by atoms with Gasteiger partial charge in [0, 0.05) is 12.5 Å². The molecule has 2 nitrogen and oxygen atoms in total. The van der Waals surface area contributed by atoms with Gasteiger partial charge in [0.1, 0.15) is 5.83 Å². The molecular weight excluding hydrogens is 241 g/mol. The van der Waals surface area contributed by atoms with Crippen molar-refractivity contribution in [2.24, 2.45) is 11.7 Å². The van der Waals surface area contributed by atoms with Crippen LogP contribution in [-0.4, -0.2) is 19.8 Å². The van der Waals surface area contributed by atoms with Crippen LogP contribution in [0.4, 0.5) is 4.39 Å². The monoisotopic (exact) mass is 261 g/mol. The molecule has 0 saturated carbocycles. The van der Waals surface area contributed by atoms with Crippen LogP contribution < -0.4 is 5.73 Å². The van der Waals surface area contributed by atoms with Gasteiger partial charge in [0.05, 0.1) is 13.2 Å². The first-order valence-electron chi connectivity index (χ1n) is 6.05. The van der Waals surface area contributed by atoms with E-state index in [4.69, 9.17) is 10.5 Å². The molecule has 0 aromatic rings. The first-order valence-corrected chi connectivity index (χ1v) is 6.05. The molecule has 1 rings (SSSR count). The zero-order chi connectivity index (χ0) is 14.4. The number of hydrogen-bond donors (Lipinski definition) is 1. The number of rotatable bonds is 6. The summed E-state index contributed by atoms with van der Waals surface area (Å²) >= 11 is 0. The minimum absolute atomic E-state index is 0.117. The van der Waals surface area contributed by atoms with Crippen LogP contribution in [0, 0.1) is 5.92 Å². The molecule has 0 aromatic carbocycles. The Kier molecular flexibility index (Phi) is 5.67. The summed E-state index contributed by atoms with van der Waals surface area (Å²) in [6, 6.07) is 0. The summed E-state index contributed by atoms with van der Waals surface area (Å²) in [4.78, 5) is 0. The molecule has 0 bridgehead atoms. The van der Waals surface area contributed by atoms with Gasteiger partial charge in [-0.2, -0.15) is 0 Å². The highest BCUT2D eigenvalue weighted by Gasteiger charge is 2.22. The molecule has 1 atom stereocenters. The Bertz CT molecular complexity index is 471. The molecule has 0 radical (unpaired) electrons. The molecule has 3 heteroatoms. The standard InChI is InChI=1S/C16H20FNO/c1-5-15-14(8-18)9-19-10-16(15)13(4)11(2)6-7-12(3)17/h5-7,14H,1-4,8-10,18H2/b7-6-. The number of nitrogens with two attached hydrogens (primary N) is 1. The van der Waals surface area contributed by atoms with Crippen molar-refractivity contribution < 1.29 is 9.13 Å². The lowest BCUT2D eigenvalue weighted by Gasteiger charge is -2.27. The summed E-state index contributed by atoms with van der Waals surface area (Å²) in [5.41, 5.74) is 9.01. The number of halogens is 1. The largest absolute Gasteiger partial charge is 0.376 e. The van der Waals surface area contributed by atoms with Crippen LogP contribution in [0.2, 0.25) is 0 Å². The summed E-state index contributed by atoms with van der Waals surface area (Å²) in [5.74, 6) is -0.405. The molecule has 0 aliphatic carbocycles. The van der Waals surface area contributed by atoms with Crippen molar-refractivity contribution in [2.45, 2.75) is 0 Å². The Labute approximate surface area is 114 Å². The van der Waals surface area contributed by atoms with Crippen molar-refractivity contribution in [3.8, 4) is 0 Å². The van der Waals surface area contributed by atoms with E-state index in [1.807, 2.05) is 0 Å². The molecule has 1 heterocycles. The van der Waals surface area contributed by atoms with Crippen molar-refractivity contribution >= 4 is 0 Å². The maximum absolute atomic E-state index is 12.6. The van der Waals surface area contributed by atoms with Crippen LogP contribution in [0.25, 0.3) is 0 Å². The molecule has 1 aliphatic rings. The summed E-state index contributed by atoms with van der Waals surface area (Å²) in [6.07, 6.45) is 4.59. The quantitative estimate of drug-likeness (QED) is 0.745. The Morgan fingerprint density at radius 2 is 2.05 bits per heavy atom. The Balaban J connectivity index is 3.01. The van der Waals surface area contributed by atoms with Crippen molar-refractivity contribution in [3.63, 3.8) is 0 Å². The van der Waals surface area contributed by atoms with E-state index in [1.165, 1.54) is 6.08 Å². The van der Waals surface area contributed by atoms with E-state index in [2.05, 4.69) is 26.3 Å². The van der Waals surface area contributed by atoms with Crippen molar-refractivity contribution in [1.82, 2.24) is 0 Å². The van der Waals surface area contributed by atoms with Crippen LogP contribution in [0.5, 0.6) is 0 Å². The SMILES string of the molecule is C=CC1=C(C(=C)C(=C)/C=C\C(=C)F)COCC1CN. The van der Waals surface area contributed by atoms with E-state index >= 15 is 0 Å². The number of allylic oxidation sites excluding steroid dienone is 5. The molecule has 1 unspecified atom stereocenters. The molecule has 0 spiro atoms. The van der Waals surface area contributed by atoms with E-state index in [0.717, 1.165) is 11.1 Å². The van der Waals surface area contributed by atoms with Gasteiger partial charge in [0.15, 0.2) is 0 Å². The molecule has 2 N–H and O–H groups in total. The van der Waals surface area contributed by atoms with Gasteiger partial charge in [-0.05, 0) is 28.4 Å². The van der Waals surface area contributed by atoms with Gasteiger partial charge in [-0.15, -0.1) is 0 Å². The third-order valence-corrected chi connectivity index (χ3v) is 3.08. The van der Waals surface area contributed by atoms with E-state index in [0.29, 0.717) is 30.9 Å². The Hall–Kier alpha value is -1.71. The molecule has 19 heavy (non-hydrogen) atoms. The van der Waals surface area contributed by atoms with Gasteiger partial charge in [0.2, 0.25) is 0 Å². The number of hydrogen-bond acceptors (Lipinski definition) is 2. The van der Waals surface area contributed by atoms with Gasteiger partial charge in [-0.25, -0.2) is 4.39 Å². The van der Waals surface area contributed by atoms with Gasteiger partial charge in [0.25, 0.3) is 0 Å². The third kappa shape index (κ3) is 3.88. The third-order valence-electron chi connectivity index (χ3n) is 3.08. The second-order valence-electron chi connectivity index (χ2n) is 4.37. The molecule has 1 aliphatic heterocycles. The Morgan fingerprint density at radius 3 is 2.58 bits per heavy atom. The first-order chi connectivity index (χ1) is 9.01. The van der Waals surface area contributed by atoms with Gasteiger partial charge < -0.3 is 10.5 Å². The molecule has 0 saturated heterocycles. The summed E-state index contributed by atoms with van der Waals surface area (Å²) < 4.78 is 18.1. The highest BCUT2D eigenvalue weighted by Crippen LogP contribution is 2.29. The molecule has 102 valence electrons. The normalized spacial score (nSPS) is 19.6. The fourth-order valence-corrected chi connectivity index (χ4v) is 1.95. The second kappa shape index (κ2) is 7.02. The van der Waals surface area contributed by atoms with E-state index in [-0.39, 0.29) is 5.92 Å². The topological polar surface area (TPSA) is 35.2 Å². The van der Waals surface area contributed by atoms with Crippen LogP contribution in [0.15, 0.2) is 72.7 Å². The Morgan fingerprint density at radius 1 is 1.37 bits per heavy atom. The van der Waals surface area contributed by atoms with Crippen LogP contribution in [0.1, 0.15) is 0 Å². The predicted octanol–water partition coefficient (Wildman–Crippen LogP) is 3.23. The second-order valence-corrected chi connectivity index (χ2v) is 4.37. The van der Waals surface area contributed by atoms with Gasteiger partial charge >= 0.3 is 0 Å². The lowest BCUT2D eigenvalue weighted by molar-refractivity contribution is 0.118. The molecule has 0 amide bonds. The van der Waals surface area contributed by atoms with E-state index in [1.54, 1.807) is 12.2 Å². The van der Waals surface area contributed by atoms with Crippen molar-refractivity contribution in [3.05, 3.63) is 72.7 Å². The maximum Gasteiger partial charge on any atom is 0.116 e. The van der Waals surface area contributed by atoms with Gasteiger partial charge in [-0.3, -0.25) is 0 Å². The fourth-order valence-electron chi connectivity index (χ4n) is 1.95. The van der Waals surface area contributed by atoms with E-state index in [9.17, 15) is 4.39 Å². The fraction of sp³-hybridized carbons (Fsp3) is 0.250. The van der Waals surface area contributed by atoms with E-state index < -0.39 is 5.83 Å². The predicted molar refractivity (Wildman–Crippen MR) is 78.3 cm³/mol. The highest BCUT2D eigenvalue weighted by molar-refractivity contribution is 5.54. The number of ether oxygens (including phenoxy) is 1. The zero-order valence-electron chi connectivity index (χ0n) is 11.1. The molecule has 0 aromatic heterocycles. The average Bonchev–Trinajstić information content (AvgIpc) is 2.42. The minimum atomic E-state index is -0.522. The lowest BCUT2D eigenvalue weighted by Crippen LogP contribution is -2.28.